The van der Waals surface area contributed by atoms with Crippen LogP contribution in [0, 0.1) is 6.92 Å². The molecule has 1 aliphatic heterocycles. The zero-order chi connectivity index (χ0) is 21.0. The number of benzene rings is 1. The minimum atomic E-state index is -4.10. The lowest BCUT2D eigenvalue weighted by Gasteiger charge is -2.28. The first-order valence-corrected chi connectivity index (χ1v) is 10.7. The molecule has 1 aromatic heterocycles. The van der Waals surface area contributed by atoms with Crippen LogP contribution < -0.4 is 9.62 Å². The van der Waals surface area contributed by atoms with Gasteiger partial charge >= 0.3 is 11.9 Å². The number of sulfonamides is 1. The quantitative estimate of drug-likeness (QED) is 0.564. The van der Waals surface area contributed by atoms with E-state index in [0.29, 0.717) is 13.0 Å². The Labute approximate surface area is 169 Å². The highest BCUT2D eigenvalue weighted by Crippen LogP contribution is 2.26. The van der Waals surface area contributed by atoms with Crippen LogP contribution >= 0.6 is 0 Å². The molecule has 1 N–H and O–H groups in total. The number of ether oxygens (including phenoxy) is 1. The number of rotatable bonds is 6. The van der Waals surface area contributed by atoms with E-state index in [2.05, 4.69) is 10.3 Å². The fourth-order valence-corrected chi connectivity index (χ4v) is 4.71. The van der Waals surface area contributed by atoms with Crippen molar-refractivity contribution < 1.29 is 22.7 Å². The summed E-state index contributed by atoms with van der Waals surface area (Å²) in [4.78, 5) is 28.8. The number of aromatic nitrogens is 1. The predicted molar refractivity (Wildman–Crippen MR) is 107 cm³/mol. The Morgan fingerprint density at radius 2 is 1.97 bits per heavy atom. The van der Waals surface area contributed by atoms with E-state index in [1.54, 1.807) is 18.2 Å². The molecule has 1 aliphatic rings. The smallest absolute Gasteiger partial charge is 0.337 e. The Bertz CT molecular complexity index is 971. The zero-order valence-corrected chi connectivity index (χ0v) is 17.1. The fourth-order valence-electron chi connectivity index (χ4n) is 3.12. The first-order chi connectivity index (χ1) is 13.8. The number of pyridine rings is 1. The molecule has 0 spiro atoms. The van der Waals surface area contributed by atoms with Crippen molar-refractivity contribution in [1.82, 2.24) is 10.3 Å². The van der Waals surface area contributed by atoms with Gasteiger partial charge < -0.3 is 10.1 Å². The number of esters is 2. The molecular weight excluding hydrogens is 394 g/mol. The van der Waals surface area contributed by atoms with Gasteiger partial charge in [0.1, 0.15) is 12.1 Å². The molecule has 1 saturated heterocycles. The second-order valence-electron chi connectivity index (χ2n) is 6.89. The van der Waals surface area contributed by atoms with E-state index in [1.807, 2.05) is 6.92 Å². The third-order valence-corrected chi connectivity index (χ3v) is 6.63. The summed E-state index contributed by atoms with van der Waals surface area (Å²) in [6, 6.07) is 7.57. The maximum atomic E-state index is 13.3. The summed E-state index contributed by atoms with van der Waals surface area (Å²) in [6.45, 7) is 3.90. The first kappa shape index (κ1) is 20.9. The molecular formula is C20H23N3O5S. The van der Waals surface area contributed by atoms with Crippen molar-refractivity contribution >= 4 is 27.6 Å². The molecule has 2 aromatic rings. The Hall–Kier alpha value is -2.78. The van der Waals surface area contributed by atoms with Gasteiger partial charge in [-0.15, -0.1) is 0 Å². The molecule has 29 heavy (non-hydrogen) atoms. The van der Waals surface area contributed by atoms with E-state index in [4.69, 9.17) is 4.74 Å². The van der Waals surface area contributed by atoms with Crippen LogP contribution in [0.15, 0.2) is 53.7 Å². The van der Waals surface area contributed by atoms with Crippen molar-refractivity contribution in [2.45, 2.75) is 43.7 Å². The monoisotopic (exact) mass is 417 g/mol. The van der Waals surface area contributed by atoms with Gasteiger partial charge in [0, 0.05) is 6.20 Å². The topological polar surface area (TPSA) is 106 Å². The number of hydrogen-bond donors (Lipinski definition) is 1. The van der Waals surface area contributed by atoms with Crippen LogP contribution in [0.25, 0.3) is 0 Å². The Kier molecular flexibility index (Phi) is 6.29. The zero-order valence-electron chi connectivity index (χ0n) is 16.2. The van der Waals surface area contributed by atoms with Crippen molar-refractivity contribution in [3.63, 3.8) is 0 Å². The molecule has 3 rings (SSSR count). The molecule has 0 radical (unpaired) electrons. The van der Waals surface area contributed by atoms with Gasteiger partial charge in [0.15, 0.2) is 0 Å². The molecule has 0 bridgehead atoms. The lowest BCUT2D eigenvalue weighted by molar-refractivity contribution is -0.161. The van der Waals surface area contributed by atoms with E-state index in [-0.39, 0.29) is 10.6 Å². The van der Waals surface area contributed by atoms with Crippen LogP contribution in [0.1, 0.15) is 25.3 Å². The minimum absolute atomic E-state index is 0.0235. The number of hydrogen-bond acceptors (Lipinski definition) is 7. The van der Waals surface area contributed by atoms with Crippen LogP contribution in [-0.4, -0.2) is 44.0 Å². The molecule has 0 aliphatic carbocycles. The number of carbonyl (C=O) groups excluding carboxylic acids is 2. The molecule has 2 heterocycles. The molecule has 8 nitrogen and oxygen atoms in total. The third kappa shape index (κ3) is 4.63. The van der Waals surface area contributed by atoms with Crippen LogP contribution in [0.5, 0.6) is 0 Å². The Morgan fingerprint density at radius 3 is 2.55 bits per heavy atom. The largest absolute Gasteiger partial charge is 0.390 e. The first-order valence-electron chi connectivity index (χ1n) is 9.31. The maximum absolute atomic E-state index is 13.3. The van der Waals surface area contributed by atoms with Crippen molar-refractivity contribution in [3.8, 4) is 0 Å². The standard InChI is InChI=1S/C20H23N3O5S/c1-14-7-9-17(10-8-14)29(26,27)23(16-5-3-11-21-13-16)15(2)19(24)28-20(25)18-6-4-12-22-18/h3,5,7-11,13,15,18,22H,4,6,12H2,1-2H3/t15-,18-/m0/s1. The van der Waals surface area contributed by atoms with Crippen molar-refractivity contribution in [2.24, 2.45) is 0 Å². The van der Waals surface area contributed by atoms with E-state index in [0.717, 1.165) is 16.3 Å². The predicted octanol–water partition coefficient (Wildman–Crippen LogP) is 1.80. The summed E-state index contributed by atoms with van der Waals surface area (Å²) in [5, 5.41) is 2.95. The lowest BCUT2D eigenvalue weighted by Crippen LogP contribution is -2.46. The van der Waals surface area contributed by atoms with Gasteiger partial charge in [0.05, 0.1) is 16.8 Å². The SMILES string of the molecule is Cc1ccc(S(=O)(=O)N(c2cccnc2)[C@@H](C)C(=O)OC(=O)[C@@H]2CCCN2)cc1. The summed E-state index contributed by atoms with van der Waals surface area (Å²) in [7, 11) is -4.10. The Balaban J connectivity index is 1.92. The van der Waals surface area contributed by atoms with Gasteiger partial charge in [-0.2, -0.15) is 0 Å². The highest BCUT2D eigenvalue weighted by molar-refractivity contribution is 7.92. The summed E-state index contributed by atoms with van der Waals surface area (Å²) >= 11 is 0. The number of nitrogens with one attached hydrogen (secondary N) is 1. The summed E-state index contributed by atoms with van der Waals surface area (Å²) in [5.41, 5.74) is 1.10. The summed E-state index contributed by atoms with van der Waals surface area (Å²) in [5.74, 6) is -1.64. The van der Waals surface area contributed by atoms with Gasteiger partial charge in [-0.05, 0) is 57.5 Å². The number of nitrogens with zero attached hydrogens (tertiary/aromatic N) is 2. The second-order valence-corrected chi connectivity index (χ2v) is 8.71. The molecule has 0 unspecified atom stereocenters. The molecule has 1 aromatic carbocycles. The molecule has 9 heteroatoms. The van der Waals surface area contributed by atoms with E-state index < -0.39 is 34.0 Å². The van der Waals surface area contributed by atoms with Gasteiger partial charge in [-0.25, -0.2) is 18.0 Å². The van der Waals surface area contributed by atoms with E-state index in [1.165, 1.54) is 37.5 Å². The van der Waals surface area contributed by atoms with Crippen molar-refractivity contribution in [2.75, 3.05) is 10.8 Å². The normalized spacial score (nSPS) is 17.5. The van der Waals surface area contributed by atoms with Gasteiger partial charge in [0.2, 0.25) is 0 Å². The van der Waals surface area contributed by atoms with Crippen molar-refractivity contribution in [1.29, 1.82) is 0 Å². The highest BCUT2D eigenvalue weighted by atomic mass is 32.2. The third-order valence-electron chi connectivity index (χ3n) is 4.72. The average Bonchev–Trinajstić information content (AvgIpc) is 3.24. The lowest BCUT2D eigenvalue weighted by atomic mass is 10.2. The molecule has 154 valence electrons. The van der Waals surface area contributed by atoms with E-state index >= 15 is 0 Å². The average molecular weight is 417 g/mol. The fraction of sp³-hybridized carbons (Fsp3) is 0.350. The van der Waals surface area contributed by atoms with Crippen LogP contribution in [0.3, 0.4) is 0 Å². The second kappa shape index (κ2) is 8.71. The number of anilines is 1. The molecule has 0 amide bonds. The molecule has 0 saturated carbocycles. The van der Waals surface area contributed by atoms with Crippen LogP contribution in [0.2, 0.25) is 0 Å². The molecule has 1 fully saturated rings. The molecule has 2 atom stereocenters. The summed E-state index contributed by atoms with van der Waals surface area (Å²) in [6.07, 6.45) is 4.23. The summed E-state index contributed by atoms with van der Waals surface area (Å²) < 4.78 is 32.6. The highest BCUT2D eigenvalue weighted by Gasteiger charge is 2.36. The van der Waals surface area contributed by atoms with E-state index in [9.17, 15) is 18.0 Å². The Morgan fingerprint density at radius 1 is 1.24 bits per heavy atom. The van der Waals surface area contributed by atoms with Gasteiger partial charge in [0.25, 0.3) is 10.0 Å². The van der Waals surface area contributed by atoms with Gasteiger partial charge in [-0.1, -0.05) is 17.7 Å². The number of carbonyl (C=O) groups is 2. The maximum Gasteiger partial charge on any atom is 0.337 e. The number of aryl methyl sites for hydroxylation is 1. The van der Waals surface area contributed by atoms with Gasteiger partial charge in [-0.3, -0.25) is 9.29 Å². The minimum Gasteiger partial charge on any atom is -0.390 e. The van der Waals surface area contributed by atoms with Crippen LogP contribution in [0.4, 0.5) is 5.69 Å². The van der Waals surface area contributed by atoms with Crippen LogP contribution in [-0.2, 0) is 24.3 Å². The van der Waals surface area contributed by atoms with Crippen molar-refractivity contribution in [3.05, 3.63) is 54.4 Å².